The van der Waals surface area contributed by atoms with Crippen LogP contribution in [0.15, 0.2) is 24.3 Å². The Hall–Kier alpha value is -1.35. The Morgan fingerprint density at radius 3 is 2.65 bits per heavy atom. The second kappa shape index (κ2) is 4.59. The molecule has 0 aromatic heterocycles. The zero-order valence-electron chi connectivity index (χ0n) is 12.8. The number of hydrogen-bond donors (Lipinski definition) is 1. The zero-order chi connectivity index (χ0) is 14.5. The predicted molar refractivity (Wildman–Crippen MR) is 80.2 cm³/mol. The van der Waals surface area contributed by atoms with Crippen LogP contribution in [0.25, 0.3) is 0 Å². The Morgan fingerprint density at radius 1 is 1.40 bits per heavy atom. The number of aryl methyl sites for hydroxylation is 1. The standard InChI is InChI=1S/C17H24N2O/c1-5-13-16(20)19(14-10-17(14,3)4)15(18-13)12-8-6-7-11(2)9-12/h6-9,13-15,18H,5,10H2,1-4H3. The molecule has 108 valence electrons. The normalized spacial score (nSPS) is 31.7. The highest BCUT2D eigenvalue weighted by Crippen LogP contribution is 2.52. The van der Waals surface area contributed by atoms with Crippen LogP contribution < -0.4 is 5.32 Å². The van der Waals surface area contributed by atoms with Gasteiger partial charge in [0.05, 0.1) is 6.04 Å². The van der Waals surface area contributed by atoms with Gasteiger partial charge in [-0.3, -0.25) is 10.1 Å². The quantitative estimate of drug-likeness (QED) is 0.917. The summed E-state index contributed by atoms with van der Waals surface area (Å²) in [6, 6.07) is 8.83. The van der Waals surface area contributed by atoms with Gasteiger partial charge in [-0.1, -0.05) is 50.6 Å². The molecule has 0 spiro atoms. The molecule has 20 heavy (non-hydrogen) atoms. The lowest BCUT2D eigenvalue weighted by atomic mass is 10.1. The molecule has 0 bridgehead atoms. The first-order valence-electron chi connectivity index (χ1n) is 7.59. The van der Waals surface area contributed by atoms with Crippen molar-refractivity contribution in [2.24, 2.45) is 5.41 Å². The van der Waals surface area contributed by atoms with Crippen LogP contribution in [-0.4, -0.2) is 22.9 Å². The number of benzene rings is 1. The highest BCUT2D eigenvalue weighted by atomic mass is 16.2. The molecule has 0 radical (unpaired) electrons. The highest BCUT2D eigenvalue weighted by molar-refractivity contribution is 5.85. The van der Waals surface area contributed by atoms with Crippen LogP contribution in [0.2, 0.25) is 0 Å². The van der Waals surface area contributed by atoms with E-state index in [0.717, 1.165) is 12.8 Å². The van der Waals surface area contributed by atoms with E-state index in [1.807, 2.05) is 0 Å². The van der Waals surface area contributed by atoms with Gasteiger partial charge in [0.25, 0.3) is 0 Å². The van der Waals surface area contributed by atoms with Crippen molar-refractivity contribution in [2.45, 2.75) is 58.8 Å². The van der Waals surface area contributed by atoms with Crippen LogP contribution in [0.5, 0.6) is 0 Å². The molecule has 1 heterocycles. The molecule has 3 atom stereocenters. The van der Waals surface area contributed by atoms with Gasteiger partial charge in [0.1, 0.15) is 6.17 Å². The molecule has 1 aliphatic heterocycles. The Labute approximate surface area is 121 Å². The molecule has 1 N–H and O–H groups in total. The maximum atomic E-state index is 12.6. The SMILES string of the molecule is CCC1NC(c2cccc(C)c2)N(C2CC2(C)C)C1=O. The second-order valence-electron chi connectivity index (χ2n) is 6.90. The molecule has 3 heteroatoms. The van der Waals surface area contributed by atoms with Gasteiger partial charge in [-0.25, -0.2) is 0 Å². The summed E-state index contributed by atoms with van der Waals surface area (Å²) >= 11 is 0. The molecule has 3 rings (SSSR count). The third-order valence-corrected chi connectivity index (χ3v) is 4.75. The molecular weight excluding hydrogens is 248 g/mol. The minimum Gasteiger partial charge on any atom is -0.318 e. The number of carbonyl (C=O) groups is 1. The lowest BCUT2D eigenvalue weighted by Gasteiger charge is -2.26. The zero-order valence-corrected chi connectivity index (χ0v) is 12.8. The molecule has 3 unspecified atom stereocenters. The lowest BCUT2D eigenvalue weighted by molar-refractivity contribution is -0.131. The van der Waals surface area contributed by atoms with Gasteiger partial charge in [0.2, 0.25) is 5.91 Å². The molecule has 3 nitrogen and oxygen atoms in total. The maximum Gasteiger partial charge on any atom is 0.241 e. The van der Waals surface area contributed by atoms with E-state index in [2.05, 4.69) is 62.2 Å². The summed E-state index contributed by atoms with van der Waals surface area (Å²) in [4.78, 5) is 14.7. The largest absolute Gasteiger partial charge is 0.318 e. The van der Waals surface area contributed by atoms with E-state index in [0.29, 0.717) is 6.04 Å². The first-order chi connectivity index (χ1) is 9.44. The molecule has 1 aromatic rings. The molecule has 1 saturated carbocycles. The smallest absolute Gasteiger partial charge is 0.241 e. The number of carbonyl (C=O) groups excluding carboxylic acids is 1. The number of hydrogen-bond acceptors (Lipinski definition) is 2. The van der Waals surface area contributed by atoms with Crippen molar-refractivity contribution in [3.63, 3.8) is 0 Å². The van der Waals surface area contributed by atoms with Crippen LogP contribution in [0, 0.1) is 12.3 Å². The van der Waals surface area contributed by atoms with Gasteiger partial charge in [-0.15, -0.1) is 0 Å². The summed E-state index contributed by atoms with van der Waals surface area (Å²) < 4.78 is 0. The topological polar surface area (TPSA) is 32.3 Å². The number of amides is 1. The van der Waals surface area contributed by atoms with E-state index in [1.165, 1.54) is 11.1 Å². The average Bonchev–Trinajstić information content (AvgIpc) is 2.88. The van der Waals surface area contributed by atoms with Gasteiger partial charge in [0, 0.05) is 6.04 Å². The first-order valence-corrected chi connectivity index (χ1v) is 7.59. The number of nitrogens with one attached hydrogen (secondary N) is 1. The van der Waals surface area contributed by atoms with E-state index in [9.17, 15) is 4.79 Å². The minimum atomic E-state index is -0.0306. The summed E-state index contributed by atoms with van der Waals surface area (Å²) in [6.07, 6.45) is 2.00. The average molecular weight is 272 g/mol. The minimum absolute atomic E-state index is 0.0306. The van der Waals surface area contributed by atoms with E-state index in [1.54, 1.807) is 0 Å². The van der Waals surface area contributed by atoms with Gasteiger partial charge in [-0.2, -0.15) is 0 Å². The van der Waals surface area contributed by atoms with E-state index < -0.39 is 0 Å². The summed E-state index contributed by atoms with van der Waals surface area (Å²) in [5.74, 6) is 0.273. The van der Waals surface area contributed by atoms with Crippen LogP contribution in [0.3, 0.4) is 0 Å². The fourth-order valence-electron chi connectivity index (χ4n) is 3.29. The van der Waals surface area contributed by atoms with Gasteiger partial charge >= 0.3 is 0 Å². The Morgan fingerprint density at radius 2 is 2.10 bits per heavy atom. The molecule has 1 aliphatic carbocycles. The van der Waals surface area contributed by atoms with E-state index >= 15 is 0 Å². The second-order valence-corrected chi connectivity index (χ2v) is 6.90. The van der Waals surface area contributed by atoms with Gasteiger partial charge in [0.15, 0.2) is 0 Å². The van der Waals surface area contributed by atoms with E-state index in [4.69, 9.17) is 0 Å². The number of rotatable bonds is 3. The van der Waals surface area contributed by atoms with Crippen molar-refractivity contribution in [3.05, 3.63) is 35.4 Å². The predicted octanol–water partition coefficient (Wildman–Crippen LogP) is 3.00. The van der Waals surface area contributed by atoms with Crippen LogP contribution in [0.1, 0.15) is 50.9 Å². The summed E-state index contributed by atoms with van der Waals surface area (Å²) in [7, 11) is 0. The van der Waals surface area contributed by atoms with Crippen molar-refractivity contribution in [2.75, 3.05) is 0 Å². The first kappa shape index (κ1) is 13.6. The summed E-state index contributed by atoms with van der Waals surface area (Å²) in [5.41, 5.74) is 2.71. The van der Waals surface area contributed by atoms with Crippen LogP contribution >= 0.6 is 0 Å². The van der Waals surface area contributed by atoms with Crippen molar-refractivity contribution >= 4 is 5.91 Å². The molecular formula is C17H24N2O. The molecule has 1 saturated heterocycles. The van der Waals surface area contributed by atoms with Crippen molar-refractivity contribution < 1.29 is 4.79 Å². The van der Waals surface area contributed by atoms with Crippen molar-refractivity contribution in [1.82, 2.24) is 10.2 Å². The number of nitrogens with zero attached hydrogens (tertiary/aromatic N) is 1. The third-order valence-electron chi connectivity index (χ3n) is 4.75. The van der Waals surface area contributed by atoms with Crippen LogP contribution in [-0.2, 0) is 4.79 Å². The monoisotopic (exact) mass is 272 g/mol. The van der Waals surface area contributed by atoms with Crippen molar-refractivity contribution in [1.29, 1.82) is 0 Å². The Balaban J connectivity index is 1.93. The highest BCUT2D eigenvalue weighted by Gasteiger charge is 2.56. The fraction of sp³-hybridized carbons (Fsp3) is 0.588. The molecule has 2 aliphatic rings. The Bertz CT molecular complexity index is 538. The van der Waals surface area contributed by atoms with Crippen molar-refractivity contribution in [3.8, 4) is 0 Å². The third kappa shape index (κ3) is 2.14. The molecule has 1 amide bonds. The van der Waals surface area contributed by atoms with Gasteiger partial charge in [-0.05, 0) is 30.7 Å². The van der Waals surface area contributed by atoms with Gasteiger partial charge < -0.3 is 4.90 Å². The lowest BCUT2D eigenvalue weighted by Crippen LogP contribution is -2.35. The summed E-state index contributed by atoms with van der Waals surface area (Å²) in [6.45, 7) is 8.67. The summed E-state index contributed by atoms with van der Waals surface area (Å²) in [5, 5.41) is 3.52. The Kier molecular flexibility index (Phi) is 3.13. The maximum absolute atomic E-state index is 12.6. The van der Waals surface area contributed by atoms with Crippen LogP contribution in [0.4, 0.5) is 0 Å². The molecule has 1 aromatic carbocycles. The molecule has 2 fully saturated rings. The fourth-order valence-corrected chi connectivity index (χ4v) is 3.29. The van der Waals surface area contributed by atoms with E-state index in [-0.39, 0.29) is 23.5 Å².